The van der Waals surface area contributed by atoms with Crippen molar-refractivity contribution in [2.45, 2.75) is 11.8 Å². The highest BCUT2D eigenvalue weighted by Gasteiger charge is 2.25. The number of amides is 1. The van der Waals surface area contributed by atoms with Gasteiger partial charge in [0.25, 0.3) is 5.91 Å². The molecule has 138 valence electrons. The molecular formula is C19H21ClN2O3S. The number of nitrogens with zero attached hydrogens (tertiary/aromatic N) is 2. The Labute approximate surface area is 159 Å². The summed E-state index contributed by atoms with van der Waals surface area (Å²) in [5, 5.41) is 0.698. The van der Waals surface area contributed by atoms with Gasteiger partial charge in [-0.25, -0.2) is 8.42 Å². The van der Waals surface area contributed by atoms with E-state index in [0.717, 1.165) is 17.5 Å². The van der Waals surface area contributed by atoms with Crippen molar-refractivity contribution < 1.29 is 13.2 Å². The number of aryl methyl sites for hydroxylation is 1. The molecule has 5 nitrogen and oxygen atoms in total. The summed E-state index contributed by atoms with van der Waals surface area (Å²) in [7, 11) is -3.35. The second-order valence-corrected chi connectivity index (χ2v) is 8.90. The predicted octanol–water partition coefficient (Wildman–Crippen LogP) is 3.01. The summed E-state index contributed by atoms with van der Waals surface area (Å²) in [6.45, 7) is 4.30. The molecule has 1 heterocycles. The average Bonchev–Trinajstić information content (AvgIpc) is 2.61. The van der Waals surface area contributed by atoms with Crippen LogP contribution in [0.25, 0.3) is 0 Å². The highest BCUT2D eigenvalue weighted by atomic mass is 35.5. The molecule has 3 rings (SSSR count). The standard InChI is InChI=1S/C19H21ClN2O3S/c1-14-7-8-15(26(2,24)25)13-16(14)19(23)22-11-9-21(10-12-22)18-6-4-3-5-17(18)20/h3-8,13H,9-12H2,1-2H3. The normalized spacial score (nSPS) is 15.2. The molecule has 0 unspecified atom stereocenters. The summed E-state index contributed by atoms with van der Waals surface area (Å²) in [4.78, 5) is 17.0. The number of carbonyl (C=O) groups excluding carboxylic acids is 1. The van der Waals surface area contributed by atoms with Gasteiger partial charge in [0.15, 0.2) is 9.84 Å². The summed E-state index contributed by atoms with van der Waals surface area (Å²) < 4.78 is 23.6. The Balaban J connectivity index is 1.76. The van der Waals surface area contributed by atoms with Crippen LogP contribution in [0, 0.1) is 6.92 Å². The van der Waals surface area contributed by atoms with Gasteiger partial charge in [-0.05, 0) is 36.8 Å². The topological polar surface area (TPSA) is 57.7 Å². The number of anilines is 1. The van der Waals surface area contributed by atoms with Gasteiger partial charge in [0.2, 0.25) is 0 Å². The molecule has 0 radical (unpaired) electrons. The first kappa shape index (κ1) is 18.7. The van der Waals surface area contributed by atoms with E-state index in [0.29, 0.717) is 36.8 Å². The van der Waals surface area contributed by atoms with Crippen molar-refractivity contribution in [2.24, 2.45) is 0 Å². The van der Waals surface area contributed by atoms with Crippen molar-refractivity contribution in [2.75, 3.05) is 37.3 Å². The van der Waals surface area contributed by atoms with Gasteiger partial charge in [0.1, 0.15) is 0 Å². The first-order chi connectivity index (χ1) is 12.3. The highest BCUT2D eigenvalue weighted by molar-refractivity contribution is 7.90. The maximum absolute atomic E-state index is 12.9. The number of rotatable bonds is 3. The molecule has 0 saturated carbocycles. The molecule has 26 heavy (non-hydrogen) atoms. The summed E-state index contributed by atoms with van der Waals surface area (Å²) in [6, 6.07) is 12.4. The minimum Gasteiger partial charge on any atom is -0.367 e. The molecule has 0 atom stereocenters. The van der Waals surface area contributed by atoms with Crippen molar-refractivity contribution in [3.8, 4) is 0 Å². The zero-order valence-corrected chi connectivity index (χ0v) is 16.3. The first-order valence-electron chi connectivity index (χ1n) is 8.37. The molecule has 2 aromatic rings. The molecule has 1 amide bonds. The Kier molecular flexibility index (Phi) is 5.25. The van der Waals surface area contributed by atoms with Crippen LogP contribution in [0.15, 0.2) is 47.4 Å². The highest BCUT2D eigenvalue weighted by Crippen LogP contribution is 2.26. The molecule has 1 aliphatic heterocycles. The van der Waals surface area contributed by atoms with E-state index in [-0.39, 0.29) is 10.8 Å². The number of piperazine rings is 1. The molecule has 0 spiro atoms. The lowest BCUT2D eigenvalue weighted by Crippen LogP contribution is -2.49. The van der Waals surface area contributed by atoms with Crippen LogP contribution in [0.1, 0.15) is 15.9 Å². The number of hydrogen-bond acceptors (Lipinski definition) is 4. The Morgan fingerprint density at radius 2 is 1.69 bits per heavy atom. The predicted molar refractivity (Wildman–Crippen MR) is 104 cm³/mol. The fourth-order valence-electron chi connectivity index (χ4n) is 3.09. The molecule has 0 aliphatic carbocycles. The van der Waals surface area contributed by atoms with E-state index < -0.39 is 9.84 Å². The Morgan fingerprint density at radius 1 is 1.04 bits per heavy atom. The van der Waals surface area contributed by atoms with Gasteiger partial charge in [-0.2, -0.15) is 0 Å². The Hall–Kier alpha value is -2.05. The maximum atomic E-state index is 12.9. The number of halogens is 1. The summed E-state index contributed by atoms with van der Waals surface area (Å²) in [6.07, 6.45) is 1.15. The largest absolute Gasteiger partial charge is 0.367 e. The maximum Gasteiger partial charge on any atom is 0.254 e. The fourth-order valence-corrected chi connectivity index (χ4v) is 3.99. The number of hydrogen-bond donors (Lipinski definition) is 0. The molecule has 1 fully saturated rings. The second kappa shape index (κ2) is 7.29. The van der Waals surface area contributed by atoms with Crippen molar-refractivity contribution in [3.05, 3.63) is 58.6 Å². The third-order valence-electron chi connectivity index (χ3n) is 4.63. The lowest BCUT2D eigenvalue weighted by Gasteiger charge is -2.36. The van der Waals surface area contributed by atoms with Crippen molar-refractivity contribution in [3.63, 3.8) is 0 Å². The van der Waals surface area contributed by atoms with Crippen LogP contribution in [-0.2, 0) is 9.84 Å². The van der Waals surface area contributed by atoms with Crippen LogP contribution in [-0.4, -0.2) is 51.7 Å². The van der Waals surface area contributed by atoms with Crippen LogP contribution in [0.4, 0.5) is 5.69 Å². The molecule has 1 aliphatic rings. The third kappa shape index (κ3) is 3.86. The fraction of sp³-hybridized carbons (Fsp3) is 0.316. The van der Waals surface area contributed by atoms with Gasteiger partial charge in [-0.1, -0.05) is 29.8 Å². The van der Waals surface area contributed by atoms with Crippen molar-refractivity contribution >= 4 is 33.0 Å². The van der Waals surface area contributed by atoms with E-state index in [1.165, 1.54) is 12.1 Å². The van der Waals surface area contributed by atoms with E-state index in [2.05, 4.69) is 4.90 Å². The minimum absolute atomic E-state index is 0.133. The number of carbonyl (C=O) groups is 1. The van der Waals surface area contributed by atoms with Gasteiger partial charge in [-0.3, -0.25) is 4.79 Å². The SMILES string of the molecule is Cc1ccc(S(C)(=O)=O)cc1C(=O)N1CCN(c2ccccc2Cl)CC1. The second-order valence-electron chi connectivity index (χ2n) is 6.48. The van der Waals surface area contributed by atoms with Crippen LogP contribution < -0.4 is 4.90 Å². The van der Waals surface area contributed by atoms with Crippen LogP contribution in [0.3, 0.4) is 0 Å². The smallest absolute Gasteiger partial charge is 0.254 e. The number of sulfone groups is 1. The molecule has 7 heteroatoms. The summed E-state index contributed by atoms with van der Waals surface area (Å²) in [5.41, 5.74) is 2.19. The van der Waals surface area contributed by atoms with E-state index >= 15 is 0 Å². The third-order valence-corrected chi connectivity index (χ3v) is 6.06. The zero-order chi connectivity index (χ0) is 18.9. The van der Waals surface area contributed by atoms with Crippen molar-refractivity contribution in [1.82, 2.24) is 4.90 Å². The molecule has 0 N–H and O–H groups in total. The Bertz CT molecular complexity index is 936. The van der Waals surface area contributed by atoms with E-state index in [1.807, 2.05) is 31.2 Å². The zero-order valence-electron chi connectivity index (χ0n) is 14.8. The van der Waals surface area contributed by atoms with E-state index in [9.17, 15) is 13.2 Å². The van der Waals surface area contributed by atoms with Crippen LogP contribution in [0.5, 0.6) is 0 Å². The van der Waals surface area contributed by atoms with E-state index in [4.69, 9.17) is 11.6 Å². The van der Waals surface area contributed by atoms with Gasteiger partial charge < -0.3 is 9.80 Å². The van der Waals surface area contributed by atoms with E-state index in [1.54, 1.807) is 11.0 Å². The minimum atomic E-state index is -3.35. The first-order valence-corrected chi connectivity index (χ1v) is 10.6. The monoisotopic (exact) mass is 392 g/mol. The molecule has 1 saturated heterocycles. The molecular weight excluding hydrogens is 372 g/mol. The van der Waals surface area contributed by atoms with Crippen LogP contribution in [0.2, 0.25) is 5.02 Å². The summed E-state index contributed by atoms with van der Waals surface area (Å²) in [5.74, 6) is -0.133. The molecule has 0 bridgehead atoms. The average molecular weight is 393 g/mol. The van der Waals surface area contributed by atoms with Gasteiger partial charge in [-0.15, -0.1) is 0 Å². The Morgan fingerprint density at radius 3 is 2.31 bits per heavy atom. The van der Waals surface area contributed by atoms with Gasteiger partial charge in [0, 0.05) is 38.0 Å². The lowest BCUT2D eigenvalue weighted by molar-refractivity contribution is 0.0746. The summed E-state index contributed by atoms with van der Waals surface area (Å²) >= 11 is 6.25. The number of para-hydroxylation sites is 1. The van der Waals surface area contributed by atoms with Gasteiger partial charge >= 0.3 is 0 Å². The van der Waals surface area contributed by atoms with Crippen molar-refractivity contribution in [1.29, 1.82) is 0 Å². The van der Waals surface area contributed by atoms with Gasteiger partial charge in [0.05, 0.1) is 15.6 Å². The number of benzene rings is 2. The van der Waals surface area contributed by atoms with Crippen LogP contribution >= 0.6 is 11.6 Å². The lowest BCUT2D eigenvalue weighted by atomic mass is 10.1. The molecule has 2 aromatic carbocycles. The molecule has 0 aromatic heterocycles. The quantitative estimate of drug-likeness (QED) is 0.805.